The number of carboxylic acids is 1. The Hall–Kier alpha value is -1.06. The van der Waals surface area contributed by atoms with Gasteiger partial charge >= 0.3 is 5.97 Å². The van der Waals surface area contributed by atoms with Crippen molar-refractivity contribution in [1.82, 2.24) is 0 Å². The molecule has 0 spiro atoms. The smallest absolute Gasteiger partial charge is 0.306 e. The standard InChI is InChI=1S/C36H71NO3/c1-3-5-7-9-11-13-15-17-19-21-23-25-29-33(35(37)38)30-27-28-32-34(36(39)40)31-26-24-22-20-18-16-14-12-10-8-6-4-2/h33-34H,3-32H2,1-2H3,(H2,37,38)(H,39,40). The van der Waals surface area contributed by atoms with E-state index < -0.39 is 5.97 Å². The lowest BCUT2D eigenvalue weighted by Crippen LogP contribution is -2.23. The van der Waals surface area contributed by atoms with E-state index in [-0.39, 0.29) is 17.7 Å². The number of nitrogens with two attached hydrogens (primary N) is 1. The predicted octanol–water partition coefficient (Wildman–Crippen LogP) is 11.5. The first kappa shape index (κ1) is 38.9. The van der Waals surface area contributed by atoms with Crippen LogP contribution in [0, 0.1) is 11.8 Å². The molecule has 0 aliphatic heterocycles. The molecule has 40 heavy (non-hydrogen) atoms. The van der Waals surface area contributed by atoms with E-state index in [1.54, 1.807) is 0 Å². The Morgan fingerprint density at radius 2 is 0.650 bits per heavy atom. The lowest BCUT2D eigenvalue weighted by Gasteiger charge is -2.15. The molecule has 238 valence electrons. The summed E-state index contributed by atoms with van der Waals surface area (Å²) in [6.07, 6.45) is 36.5. The van der Waals surface area contributed by atoms with Gasteiger partial charge in [0.05, 0.1) is 5.92 Å². The fourth-order valence-electron chi connectivity index (χ4n) is 6.07. The van der Waals surface area contributed by atoms with Gasteiger partial charge in [0.1, 0.15) is 0 Å². The second-order valence-corrected chi connectivity index (χ2v) is 12.8. The molecule has 3 N–H and O–H groups in total. The predicted molar refractivity (Wildman–Crippen MR) is 174 cm³/mol. The number of amides is 1. The van der Waals surface area contributed by atoms with Crippen molar-refractivity contribution in [3.63, 3.8) is 0 Å². The van der Waals surface area contributed by atoms with Crippen molar-refractivity contribution in [2.45, 2.75) is 206 Å². The SMILES string of the molecule is CCCCCCCCCCCCCCC(CCCCC(CCCCCCCCCCCCCC)C(=O)O)C(N)=O. The fourth-order valence-corrected chi connectivity index (χ4v) is 6.07. The first-order chi connectivity index (χ1) is 19.5. The molecule has 0 aromatic rings. The van der Waals surface area contributed by atoms with Gasteiger partial charge in [-0.1, -0.05) is 181 Å². The molecule has 2 atom stereocenters. The topological polar surface area (TPSA) is 80.4 Å². The third kappa shape index (κ3) is 27.1. The molecule has 0 aromatic heterocycles. The van der Waals surface area contributed by atoms with Crippen molar-refractivity contribution in [1.29, 1.82) is 0 Å². The highest BCUT2D eigenvalue weighted by Gasteiger charge is 2.18. The number of hydrogen-bond donors (Lipinski definition) is 2. The number of primary amides is 1. The third-order valence-electron chi connectivity index (χ3n) is 8.92. The summed E-state index contributed by atoms with van der Waals surface area (Å²) in [6.45, 7) is 4.53. The van der Waals surface area contributed by atoms with Crippen molar-refractivity contribution in [3.8, 4) is 0 Å². The van der Waals surface area contributed by atoms with Crippen LogP contribution < -0.4 is 5.73 Å². The molecule has 4 heteroatoms. The average molecular weight is 566 g/mol. The summed E-state index contributed by atoms with van der Waals surface area (Å²) in [7, 11) is 0. The van der Waals surface area contributed by atoms with Gasteiger partial charge in [0, 0.05) is 5.92 Å². The molecule has 0 fully saturated rings. The second kappa shape index (κ2) is 30.9. The monoisotopic (exact) mass is 566 g/mol. The first-order valence-electron chi connectivity index (χ1n) is 18.0. The Balaban J connectivity index is 3.76. The molecule has 0 saturated carbocycles. The number of carbonyl (C=O) groups excluding carboxylic acids is 1. The normalized spacial score (nSPS) is 12.9. The van der Waals surface area contributed by atoms with Crippen LogP contribution in [0.25, 0.3) is 0 Å². The van der Waals surface area contributed by atoms with Crippen LogP contribution in [-0.2, 0) is 9.59 Å². The lowest BCUT2D eigenvalue weighted by molar-refractivity contribution is -0.142. The van der Waals surface area contributed by atoms with E-state index in [1.807, 2.05) is 0 Å². The summed E-state index contributed by atoms with van der Waals surface area (Å²) in [5, 5.41) is 9.65. The van der Waals surface area contributed by atoms with Gasteiger partial charge in [-0.25, -0.2) is 0 Å². The highest BCUT2D eigenvalue weighted by Crippen LogP contribution is 2.23. The molecule has 2 unspecified atom stereocenters. The Bertz CT molecular complexity index is 502. The van der Waals surface area contributed by atoms with Crippen molar-refractivity contribution in [3.05, 3.63) is 0 Å². The number of unbranched alkanes of at least 4 members (excludes halogenated alkanes) is 23. The molecular formula is C36H71NO3. The van der Waals surface area contributed by atoms with Crippen LogP contribution in [0.15, 0.2) is 0 Å². The zero-order chi connectivity index (χ0) is 29.5. The quantitative estimate of drug-likeness (QED) is 0.0776. The van der Waals surface area contributed by atoms with E-state index in [9.17, 15) is 14.7 Å². The molecule has 0 saturated heterocycles. The van der Waals surface area contributed by atoms with Gasteiger partial charge in [-0.3, -0.25) is 9.59 Å². The van der Waals surface area contributed by atoms with Crippen molar-refractivity contribution in [2.24, 2.45) is 17.6 Å². The maximum Gasteiger partial charge on any atom is 0.306 e. The molecule has 0 aliphatic rings. The first-order valence-corrected chi connectivity index (χ1v) is 18.0. The van der Waals surface area contributed by atoms with E-state index in [1.165, 1.54) is 135 Å². The number of hydrogen-bond acceptors (Lipinski definition) is 2. The molecule has 0 aromatic carbocycles. The highest BCUT2D eigenvalue weighted by atomic mass is 16.4. The van der Waals surface area contributed by atoms with Gasteiger partial charge < -0.3 is 10.8 Å². The summed E-state index contributed by atoms with van der Waals surface area (Å²) >= 11 is 0. The minimum Gasteiger partial charge on any atom is -0.481 e. The number of rotatable bonds is 33. The maximum atomic E-state index is 11.9. The Morgan fingerprint density at radius 1 is 0.425 bits per heavy atom. The van der Waals surface area contributed by atoms with Crippen LogP contribution in [0.1, 0.15) is 206 Å². The van der Waals surface area contributed by atoms with Gasteiger partial charge in [0.25, 0.3) is 0 Å². The Morgan fingerprint density at radius 3 is 0.900 bits per heavy atom. The van der Waals surface area contributed by atoms with Crippen LogP contribution >= 0.6 is 0 Å². The van der Waals surface area contributed by atoms with Crippen molar-refractivity contribution in [2.75, 3.05) is 0 Å². The van der Waals surface area contributed by atoms with E-state index >= 15 is 0 Å². The largest absolute Gasteiger partial charge is 0.481 e. The maximum absolute atomic E-state index is 11.9. The van der Waals surface area contributed by atoms with E-state index in [2.05, 4.69) is 13.8 Å². The molecule has 0 heterocycles. The summed E-state index contributed by atoms with van der Waals surface area (Å²) < 4.78 is 0. The fraction of sp³-hybridized carbons (Fsp3) is 0.944. The number of carboxylic acid groups (broad SMARTS) is 1. The van der Waals surface area contributed by atoms with Gasteiger partial charge in [0.15, 0.2) is 0 Å². The minimum absolute atomic E-state index is 0.0391. The summed E-state index contributed by atoms with van der Waals surface area (Å²) in [4.78, 5) is 23.7. The Labute approximate surface area is 250 Å². The van der Waals surface area contributed by atoms with Crippen LogP contribution in [0.3, 0.4) is 0 Å². The molecule has 0 aliphatic carbocycles. The zero-order valence-corrected chi connectivity index (χ0v) is 27.2. The van der Waals surface area contributed by atoms with E-state index in [4.69, 9.17) is 5.73 Å². The van der Waals surface area contributed by atoms with Crippen molar-refractivity contribution < 1.29 is 14.7 Å². The van der Waals surface area contributed by atoms with Crippen LogP contribution in [0.4, 0.5) is 0 Å². The molecule has 1 amide bonds. The van der Waals surface area contributed by atoms with Gasteiger partial charge in [-0.2, -0.15) is 0 Å². The van der Waals surface area contributed by atoms with Gasteiger partial charge in [-0.05, 0) is 25.7 Å². The molecular weight excluding hydrogens is 494 g/mol. The summed E-state index contributed by atoms with van der Waals surface area (Å²) in [5.41, 5.74) is 5.69. The molecule has 0 rings (SSSR count). The summed E-state index contributed by atoms with van der Waals surface area (Å²) in [6, 6.07) is 0. The zero-order valence-electron chi connectivity index (χ0n) is 27.2. The molecule has 4 nitrogen and oxygen atoms in total. The summed E-state index contributed by atoms with van der Waals surface area (Å²) in [5.74, 6) is -1.09. The molecule has 0 radical (unpaired) electrons. The number of aliphatic carboxylic acids is 1. The Kier molecular flexibility index (Phi) is 30.1. The molecule has 0 bridgehead atoms. The minimum atomic E-state index is -0.647. The third-order valence-corrected chi connectivity index (χ3v) is 8.92. The highest BCUT2D eigenvalue weighted by molar-refractivity contribution is 5.76. The van der Waals surface area contributed by atoms with Gasteiger partial charge in [0.2, 0.25) is 5.91 Å². The van der Waals surface area contributed by atoms with Crippen molar-refractivity contribution >= 4 is 11.9 Å². The van der Waals surface area contributed by atoms with E-state index in [0.29, 0.717) is 0 Å². The lowest BCUT2D eigenvalue weighted by atomic mass is 9.91. The second-order valence-electron chi connectivity index (χ2n) is 12.8. The van der Waals surface area contributed by atoms with E-state index in [0.717, 1.165) is 57.8 Å². The van der Waals surface area contributed by atoms with Crippen LogP contribution in [0.5, 0.6) is 0 Å². The van der Waals surface area contributed by atoms with Crippen LogP contribution in [0.2, 0.25) is 0 Å². The average Bonchev–Trinajstić information content (AvgIpc) is 2.93. The number of carbonyl (C=O) groups is 2. The van der Waals surface area contributed by atoms with Crippen LogP contribution in [-0.4, -0.2) is 17.0 Å². The van der Waals surface area contributed by atoms with Gasteiger partial charge in [-0.15, -0.1) is 0 Å².